The molecule has 0 N–H and O–H groups in total. The highest BCUT2D eigenvalue weighted by Crippen LogP contribution is 2.46. The van der Waals surface area contributed by atoms with Gasteiger partial charge in [0.15, 0.2) is 5.75 Å². The molecule has 2 heterocycles. The van der Waals surface area contributed by atoms with E-state index in [4.69, 9.17) is 9.84 Å². The highest BCUT2D eigenvalue weighted by Gasteiger charge is 2.34. The molecule has 1 aliphatic heterocycles. The third kappa shape index (κ3) is 2.06. The van der Waals surface area contributed by atoms with Gasteiger partial charge in [0.05, 0.1) is 11.4 Å². The lowest BCUT2D eigenvalue weighted by Gasteiger charge is -2.09. The lowest BCUT2D eigenvalue weighted by molar-refractivity contribution is -0.131. The molecule has 4 heteroatoms. The van der Waals surface area contributed by atoms with Gasteiger partial charge in [-0.2, -0.15) is 5.10 Å². The summed E-state index contributed by atoms with van der Waals surface area (Å²) in [6, 6.07) is 18.0. The predicted molar refractivity (Wildman–Crippen MR) is 87.8 cm³/mol. The van der Waals surface area contributed by atoms with Crippen LogP contribution in [0.2, 0.25) is 0 Å². The highest BCUT2D eigenvalue weighted by molar-refractivity contribution is 5.77. The van der Waals surface area contributed by atoms with Crippen molar-refractivity contribution >= 4 is 5.97 Å². The number of hydrogen-bond donors (Lipinski definition) is 0. The Balaban J connectivity index is 1.97. The first-order valence-corrected chi connectivity index (χ1v) is 7.63. The van der Waals surface area contributed by atoms with E-state index in [-0.39, 0.29) is 11.9 Å². The summed E-state index contributed by atoms with van der Waals surface area (Å²) in [5.41, 5.74) is 4.82. The lowest BCUT2D eigenvalue weighted by Crippen LogP contribution is -2.05. The van der Waals surface area contributed by atoms with Gasteiger partial charge in [-0.25, -0.2) is 4.68 Å². The van der Waals surface area contributed by atoms with Crippen LogP contribution in [0.25, 0.3) is 16.9 Å². The zero-order valence-electron chi connectivity index (χ0n) is 13.0. The Bertz CT molecular complexity index is 897. The van der Waals surface area contributed by atoms with Gasteiger partial charge in [-0.1, -0.05) is 55.5 Å². The third-order valence-electron chi connectivity index (χ3n) is 4.21. The molecule has 0 saturated carbocycles. The molecule has 3 aromatic rings. The van der Waals surface area contributed by atoms with Gasteiger partial charge in [0, 0.05) is 18.4 Å². The monoisotopic (exact) mass is 304 g/mol. The zero-order chi connectivity index (χ0) is 16.0. The first-order chi connectivity index (χ1) is 11.2. The van der Waals surface area contributed by atoms with Crippen LogP contribution in [0.3, 0.4) is 0 Å². The van der Waals surface area contributed by atoms with Crippen molar-refractivity contribution in [2.45, 2.75) is 19.8 Å². The topological polar surface area (TPSA) is 44.1 Å². The van der Waals surface area contributed by atoms with E-state index in [0.29, 0.717) is 11.4 Å². The molecule has 1 aromatic heterocycles. The third-order valence-corrected chi connectivity index (χ3v) is 4.21. The van der Waals surface area contributed by atoms with Gasteiger partial charge in [0.1, 0.15) is 5.69 Å². The molecule has 4 rings (SSSR count). The van der Waals surface area contributed by atoms with Crippen LogP contribution in [0.5, 0.6) is 5.75 Å². The Morgan fingerprint density at radius 1 is 1.09 bits per heavy atom. The van der Waals surface area contributed by atoms with Crippen molar-refractivity contribution in [3.05, 3.63) is 65.9 Å². The first kappa shape index (κ1) is 13.8. The fourth-order valence-corrected chi connectivity index (χ4v) is 3.20. The van der Waals surface area contributed by atoms with Gasteiger partial charge in [0.25, 0.3) is 0 Å². The number of rotatable bonds is 2. The van der Waals surface area contributed by atoms with E-state index in [9.17, 15) is 4.79 Å². The summed E-state index contributed by atoms with van der Waals surface area (Å²) in [5, 5.41) is 4.75. The van der Waals surface area contributed by atoms with E-state index in [1.54, 1.807) is 0 Å². The molecule has 1 aliphatic rings. The van der Waals surface area contributed by atoms with Crippen LogP contribution in [0, 0.1) is 0 Å². The molecule has 1 unspecified atom stereocenters. The summed E-state index contributed by atoms with van der Waals surface area (Å²) in [7, 11) is 0. The predicted octanol–water partition coefficient (Wildman–Crippen LogP) is 3.93. The van der Waals surface area contributed by atoms with E-state index in [1.165, 1.54) is 12.5 Å². The number of fused-ring (bicyclic) bond motifs is 3. The number of para-hydroxylation sites is 1. The van der Waals surface area contributed by atoms with E-state index in [1.807, 2.05) is 53.2 Å². The largest absolute Gasteiger partial charge is 0.422 e. The van der Waals surface area contributed by atoms with Crippen molar-refractivity contribution in [3.8, 4) is 22.7 Å². The van der Waals surface area contributed by atoms with Crippen LogP contribution in [-0.4, -0.2) is 15.7 Å². The van der Waals surface area contributed by atoms with Crippen molar-refractivity contribution < 1.29 is 9.53 Å². The number of nitrogens with zero attached hydrogens (tertiary/aromatic N) is 2. The Morgan fingerprint density at radius 3 is 2.52 bits per heavy atom. The van der Waals surface area contributed by atoms with Crippen molar-refractivity contribution in [1.82, 2.24) is 9.78 Å². The van der Waals surface area contributed by atoms with Gasteiger partial charge in [-0.15, -0.1) is 0 Å². The van der Waals surface area contributed by atoms with Crippen LogP contribution in [0.15, 0.2) is 54.6 Å². The van der Waals surface area contributed by atoms with E-state index >= 15 is 0 Å². The number of carbonyl (C=O) groups excluding carboxylic acids is 1. The maximum absolute atomic E-state index is 11.6. The molecule has 0 bridgehead atoms. The number of carbonyl (C=O) groups is 1. The van der Waals surface area contributed by atoms with Crippen LogP contribution in [0.4, 0.5) is 0 Å². The fraction of sp³-hybridized carbons (Fsp3) is 0.158. The Morgan fingerprint density at radius 2 is 1.78 bits per heavy atom. The van der Waals surface area contributed by atoms with Crippen molar-refractivity contribution in [3.63, 3.8) is 0 Å². The number of benzene rings is 2. The normalized spacial score (nSPS) is 15.1. The zero-order valence-corrected chi connectivity index (χ0v) is 13.0. The Hall–Kier alpha value is -2.88. The second kappa shape index (κ2) is 5.09. The van der Waals surface area contributed by atoms with E-state index in [0.717, 1.165) is 16.9 Å². The van der Waals surface area contributed by atoms with Gasteiger partial charge < -0.3 is 4.74 Å². The van der Waals surface area contributed by atoms with Crippen LogP contribution in [0.1, 0.15) is 31.0 Å². The number of aromatic nitrogens is 2. The van der Waals surface area contributed by atoms with Crippen molar-refractivity contribution in [2.75, 3.05) is 0 Å². The summed E-state index contributed by atoms with van der Waals surface area (Å²) in [6.45, 7) is 3.53. The van der Waals surface area contributed by atoms with E-state index < -0.39 is 0 Å². The molecule has 0 saturated heterocycles. The summed E-state index contributed by atoms with van der Waals surface area (Å²) < 4.78 is 7.47. The second-order valence-corrected chi connectivity index (χ2v) is 5.71. The number of hydrogen-bond acceptors (Lipinski definition) is 3. The quantitative estimate of drug-likeness (QED) is 0.674. The van der Waals surface area contributed by atoms with Crippen molar-refractivity contribution in [2.24, 2.45) is 0 Å². The minimum atomic E-state index is -0.332. The fourth-order valence-electron chi connectivity index (χ4n) is 3.20. The molecule has 23 heavy (non-hydrogen) atoms. The average molecular weight is 304 g/mol. The average Bonchev–Trinajstić information content (AvgIpc) is 3.06. The van der Waals surface area contributed by atoms with Crippen LogP contribution >= 0.6 is 0 Å². The highest BCUT2D eigenvalue weighted by atomic mass is 16.5. The lowest BCUT2D eigenvalue weighted by atomic mass is 9.98. The van der Waals surface area contributed by atoms with Crippen LogP contribution in [-0.2, 0) is 4.79 Å². The molecule has 0 radical (unpaired) electrons. The molecular formula is C19H16N2O2. The number of ether oxygens (including phenoxy) is 1. The first-order valence-electron chi connectivity index (χ1n) is 7.63. The van der Waals surface area contributed by atoms with Gasteiger partial charge in [-0.3, -0.25) is 4.79 Å². The van der Waals surface area contributed by atoms with Crippen LogP contribution < -0.4 is 4.74 Å². The summed E-state index contributed by atoms with van der Waals surface area (Å²) in [6.07, 6.45) is 0. The summed E-state index contributed by atoms with van der Waals surface area (Å²) >= 11 is 0. The minimum Gasteiger partial charge on any atom is -0.422 e. The molecule has 2 aromatic carbocycles. The van der Waals surface area contributed by atoms with Gasteiger partial charge >= 0.3 is 5.97 Å². The molecule has 0 aliphatic carbocycles. The molecule has 4 nitrogen and oxygen atoms in total. The molecular weight excluding hydrogens is 288 g/mol. The SMILES string of the molecule is CC(=O)Oc1c(-c2ccccc2)nn2c1C(C)c1ccccc1-2. The van der Waals surface area contributed by atoms with Crippen molar-refractivity contribution in [1.29, 1.82) is 0 Å². The molecule has 1 atom stereocenters. The molecule has 0 spiro atoms. The summed E-state index contributed by atoms with van der Waals surface area (Å²) in [4.78, 5) is 11.6. The minimum absolute atomic E-state index is 0.130. The maximum Gasteiger partial charge on any atom is 0.308 e. The molecule has 0 fully saturated rings. The standard InChI is InChI=1S/C19H16N2O2/c1-12-15-10-6-7-11-16(15)21-18(12)19(23-13(2)22)17(20-21)14-8-4-3-5-9-14/h3-12H,1-2H3. The summed E-state index contributed by atoms with van der Waals surface area (Å²) in [5.74, 6) is 0.360. The van der Waals surface area contributed by atoms with E-state index in [2.05, 4.69) is 13.0 Å². The molecule has 0 amide bonds. The Kier molecular flexibility index (Phi) is 3.05. The van der Waals surface area contributed by atoms with Gasteiger partial charge in [0.2, 0.25) is 0 Å². The van der Waals surface area contributed by atoms with Gasteiger partial charge in [-0.05, 0) is 11.6 Å². The second-order valence-electron chi connectivity index (χ2n) is 5.71. The maximum atomic E-state index is 11.6. The molecule has 114 valence electrons. The smallest absolute Gasteiger partial charge is 0.308 e. The Labute approximate surface area is 134 Å². The number of esters is 1.